The van der Waals surface area contributed by atoms with Crippen molar-refractivity contribution in [3.63, 3.8) is 0 Å². The summed E-state index contributed by atoms with van der Waals surface area (Å²) >= 11 is 4.16. The molecule has 0 atom stereocenters. The molecule has 2 nitrogen and oxygen atoms in total. The van der Waals surface area contributed by atoms with Gasteiger partial charge in [0.25, 0.3) is 0 Å². The smallest absolute Gasteiger partial charge is 0.00972 e. The van der Waals surface area contributed by atoms with Crippen LogP contribution in [0.25, 0.3) is 0 Å². The zero-order valence-electron chi connectivity index (χ0n) is 2.07. The molecule has 0 aliphatic rings. The molecule has 0 unspecified atom stereocenters. The third-order valence-corrected chi connectivity index (χ3v) is 0. The fourth-order valence-corrected chi connectivity index (χ4v) is 0. The molecule has 0 saturated carbocycles. The Labute approximate surface area is 50.7 Å². The van der Waals surface area contributed by atoms with Crippen molar-refractivity contribution in [2.45, 2.75) is 0 Å². The first-order valence-corrected chi connectivity index (χ1v) is 1.13. The molecule has 0 aromatic carbocycles. The summed E-state index contributed by atoms with van der Waals surface area (Å²) in [6.45, 7) is -2.19. The van der Waals surface area contributed by atoms with Gasteiger partial charge in [-0.25, -0.2) is 11.5 Å². The third kappa shape index (κ3) is 44.2. The van der Waals surface area contributed by atoms with Crippen LogP contribution in [-0.2, 0) is 22.4 Å². The third-order valence-electron chi connectivity index (χ3n) is 0. The van der Waals surface area contributed by atoms with E-state index in [9.17, 15) is 0 Å². The molecule has 0 aromatic rings. The zero-order chi connectivity index (χ0) is 3.58. The van der Waals surface area contributed by atoms with Crippen molar-refractivity contribution in [2.24, 2.45) is 0 Å². The standard InChI is InChI=1S/Ag.BClO2/c;2-1(3)4/q;-2. The summed E-state index contributed by atoms with van der Waals surface area (Å²) in [6.07, 6.45) is 0. The van der Waals surface area contributed by atoms with Crippen molar-refractivity contribution in [3.05, 3.63) is 0 Å². The van der Waals surface area contributed by atoms with E-state index in [1.807, 2.05) is 0 Å². The van der Waals surface area contributed by atoms with Gasteiger partial charge in [0.1, 0.15) is 0 Å². The van der Waals surface area contributed by atoms with E-state index in [1.165, 1.54) is 0 Å². The second-order valence-electron chi connectivity index (χ2n) is 0.274. The predicted octanol–water partition coefficient (Wildman–Crippen LogP) is -2.07. The van der Waals surface area contributed by atoms with Crippen LogP contribution in [0.3, 0.4) is 0 Å². The van der Waals surface area contributed by atoms with Gasteiger partial charge in [0.05, 0.1) is 0 Å². The van der Waals surface area contributed by atoms with Crippen LogP contribution in [-0.4, -0.2) is 6.53 Å². The van der Waals surface area contributed by atoms with Crippen molar-refractivity contribution in [1.29, 1.82) is 0 Å². The second kappa shape index (κ2) is 5.02. The van der Waals surface area contributed by atoms with Gasteiger partial charge < -0.3 is 10.0 Å². The molecular formula is AgBClO2-2. The molecule has 0 fully saturated rings. The molecule has 0 heterocycles. The van der Waals surface area contributed by atoms with Crippen molar-refractivity contribution in [3.8, 4) is 0 Å². The van der Waals surface area contributed by atoms with Crippen molar-refractivity contribution in [1.82, 2.24) is 0 Å². The number of hydrogen-bond donors (Lipinski definition) is 0. The maximum atomic E-state index is 8.74. The van der Waals surface area contributed by atoms with Crippen LogP contribution >= 0.6 is 11.5 Å². The average Bonchev–Trinajstić information content (AvgIpc) is 0.811. The van der Waals surface area contributed by atoms with Crippen LogP contribution in [0.1, 0.15) is 0 Å². The second-order valence-corrected chi connectivity index (χ2v) is 0.631. The van der Waals surface area contributed by atoms with Crippen LogP contribution in [0, 0.1) is 0 Å². The van der Waals surface area contributed by atoms with E-state index in [0.717, 1.165) is 0 Å². The molecule has 35 valence electrons. The normalized spacial score (nSPS) is 5.40. The minimum absolute atomic E-state index is 0. The van der Waals surface area contributed by atoms with Crippen LogP contribution in [0.4, 0.5) is 0 Å². The molecule has 0 aromatic heterocycles. The Morgan fingerprint density at radius 3 is 1.40 bits per heavy atom. The fraction of sp³-hybridized carbons (Fsp3) is 0. The van der Waals surface area contributed by atoms with E-state index in [4.69, 9.17) is 10.0 Å². The van der Waals surface area contributed by atoms with E-state index in [-0.39, 0.29) is 22.4 Å². The van der Waals surface area contributed by atoms with E-state index in [2.05, 4.69) is 11.5 Å². The number of rotatable bonds is 0. The summed E-state index contributed by atoms with van der Waals surface area (Å²) < 4.78 is 0. The van der Waals surface area contributed by atoms with Gasteiger partial charge >= 0.3 is 0 Å². The van der Waals surface area contributed by atoms with Gasteiger partial charge in [0, 0.05) is 28.9 Å². The Morgan fingerprint density at radius 2 is 1.40 bits per heavy atom. The summed E-state index contributed by atoms with van der Waals surface area (Å²) in [4.78, 5) is 0. The molecule has 0 N–H and O–H groups in total. The van der Waals surface area contributed by atoms with Crippen LogP contribution in [0.5, 0.6) is 0 Å². The molecule has 5 heteroatoms. The summed E-state index contributed by atoms with van der Waals surface area (Å²) in [5, 5.41) is 17.5. The first-order chi connectivity index (χ1) is 1.73. The summed E-state index contributed by atoms with van der Waals surface area (Å²) in [5.74, 6) is 0. The molecule has 0 aliphatic heterocycles. The average molecular weight is 186 g/mol. The molecule has 0 spiro atoms. The topological polar surface area (TPSA) is 46.1 Å². The van der Waals surface area contributed by atoms with Gasteiger partial charge in [-0.3, -0.25) is 0 Å². The summed E-state index contributed by atoms with van der Waals surface area (Å²) in [7, 11) is 0. The van der Waals surface area contributed by atoms with Gasteiger partial charge in [-0.15, -0.1) is 0 Å². The van der Waals surface area contributed by atoms with Gasteiger partial charge in [0.15, 0.2) is 0 Å². The maximum Gasteiger partial charge on any atom is 0.00972 e. The monoisotopic (exact) mass is 185 g/mol. The fourth-order valence-electron chi connectivity index (χ4n) is 0. The van der Waals surface area contributed by atoms with E-state index < -0.39 is 6.53 Å². The Hall–Kier alpha value is 1.02. The van der Waals surface area contributed by atoms with Crippen LogP contribution < -0.4 is 10.0 Å². The summed E-state index contributed by atoms with van der Waals surface area (Å²) in [5.41, 5.74) is 0. The molecule has 0 amide bonds. The molecule has 0 saturated heterocycles. The van der Waals surface area contributed by atoms with Crippen molar-refractivity contribution < 1.29 is 32.4 Å². The minimum Gasteiger partial charge on any atom is -0.881 e. The molecular weight excluding hydrogens is 186 g/mol. The van der Waals surface area contributed by atoms with Gasteiger partial charge in [-0.1, -0.05) is 0 Å². The van der Waals surface area contributed by atoms with E-state index in [0.29, 0.717) is 0 Å². The first-order valence-electron chi connectivity index (χ1n) is 0.690. The number of halogens is 1. The van der Waals surface area contributed by atoms with Crippen molar-refractivity contribution in [2.75, 3.05) is 0 Å². The Kier molecular flexibility index (Phi) is 9.41. The Balaban J connectivity index is 0. The molecule has 0 rings (SSSR count). The van der Waals surface area contributed by atoms with Crippen LogP contribution in [0.2, 0.25) is 0 Å². The summed E-state index contributed by atoms with van der Waals surface area (Å²) in [6, 6.07) is 0. The minimum atomic E-state index is -2.19. The largest absolute Gasteiger partial charge is 0.881 e. The SMILES string of the molecule is [Ag].[O-]B([O-])Cl. The zero-order valence-corrected chi connectivity index (χ0v) is 4.31. The van der Waals surface area contributed by atoms with E-state index >= 15 is 0 Å². The molecule has 5 heavy (non-hydrogen) atoms. The molecule has 0 bridgehead atoms. The predicted molar refractivity (Wildman–Crippen MR) is 11.6 cm³/mol. The molecule has 1 radical (unpaired) electrons. The van der Waals surface area contributed by atoms with Gasteiger partial charge in [-0.05, 0) is 0 Å². The van der Waals surface area contributed by atoms with Gasteiger partial charge in [0.2, 0.25) is 0 Å². The number of hydrogen-bond acceptors (Lipinski definition) is 2. The quantitative estimate of drug-likeness (QED) is 0.408. The molecule has 0 aliphatic carbocycles. The first kappa shape index (κ1) is 9.38. The van der Waals surface area contributed by atoms with Crippen LogP contribution in [0.15, 0.2) is 0 Å². The van der Waals surface area contributed by atoms with E-state index in [1.54, 1.807) is 0 Å². The Morgan fingerprint density at radius 1 is 1.40 bits per heavy atom. The Bertz CT molecular complexity index is 14.4. The van der Waals surface area contributed by atoms with Gasteiger partial charge in [-0.2, -0.15) is 0 Å². The maximum absolute atomic E-state index is 8.74. The van der Waals surface area contributed by atoms with Crippen molar-refractivity contribution >= 4 is 18.0 Å².